The predicted molar refractivity (Wildman–Crippen MR) is 86.3 cm³/mol. The number of methoxy groups -OCH3 is 1. The maximum Gasteiger partial charge on any atom is 0.337 e. The molecule has 7 heteroatoms. The molecule has 7 nitrogen and oxygen atoms in total. The molecule has 0 aliphatic carbocycles. The Morgan fingerprint density at radius 1 is 1.12 bits per heavy atom. The van der Waals surface area contributed by atoms with Gasteiger partial charge in [0.25, 0.3) is 11.8 Å². The van der Waals surface area contributed by atoms with Gasteiger partial charge in [-0.1, -0.05) is 0 Å². The van der Waals surface area contributed by atoms with Gasteiger partial charge in [-0.15, -0.1) is 0 Å². The molecule has 1 aliphatic rings. The van der Waals surface area contributed by atoms with Crippen LogP contribution in [0.4, 0.5) is 11.4 Å². The molecule has 1 heterocycles. The number of amides is 2. The van der Waals surface area contributed by atoms with Crippen LogP contribution in [0, 0.1) is 0 Å². The monoisotopic (exact) mass is 326 g/mol. The van der Waals surface area contributed by atoms with Gasteiger partial charge in [0.05, 0.1) is 18.4 Å². The van der Waals surface area contributed by atoms with E-state index in [1.54, 1.807) is 42.5 Å². The minimum Gasteiger partial charge on any atom is -0.482 e. The number of benzene rings is 2. The van der Waals surface area contributed by atoms with E-state index in [0.29, 0.717) is 28.3 Å². The lowest BCUT2D eigenvalue weighted by Gasteiger charge is -2.18. The highest BCUT2D eigenvalue weighted by atomic mass is 16.5. The molecule has 0 saturated heterocycles. The number of nitrogens with one attached hydrogen (secondary N) is 2. The maximum absolute atomic E-state index is 12.3. The van der Waals surface area contributed by atoms with Crippen molar-refractivity contribution in [3.63, 3.8) is 0 Å². The summed E-state index contributed by atoms with van der Waals surface area (Å²) in [6, 6.07) is 11.1. The Labute approximate surface area is 137 Å². The second-order valence-electron chi connectivity index (χ2n) is 5.07. The summed E-state index contributed by atoms with van der Waals surface area (Å²) in [6.07, 6.45) is 0. The minimum atomic E-state index is -0.446. The molecule has 0 saturated carbocycles. The van der Waals surface area contributed by atoms with E-state index in [1.165, 1.54) is 7.11 Å². The first-order valence-electron chi connectivity index (χ1n) is 7.13. The van der Waals surface area contributed by atoms with Crippen molar-refractivity contribution in [1.82, 2.24) is 0 Å². The summed E-state index contributed by atoms with van der Waals surface area (Å²) >= 11 is 0. The molecule has 0 spiro atoms. The van der Waals surface area contributed by atoms with Crippen LogP contribution >= 0.6 is 0 Å². The molecule has 1 aliphatic heterocycles. The van der Waals surface area contributed by atoms with Gasteiger partial charge in [0, 0.05) is 11.3 Å². The van der Waals surface area contributed by atoms with Gasteiger partial charge in [0.2, 0.25) is 0 Å². The van der Waals surface area contributed by atoms with Crippen molar-refractivity contribution in [2.75, 3.05) is 24.4 Å². The van der Waals surface area contributed by atoms with Crippen molar-refractivity contribution in [1.29, 1.82) is 0 Å². The van der Waals surface area contributed by atoms with E-state index in [4.69, 9.17) is 4.74 Å². The van der Waals surface area contributed by atoms with Crippen LogP contribution in [0.15, 0.2) is 42.5 Å². The van der Waals surface area contributed by atoms with Crippen molar-refractivity contribution in [2.45, 2.75) is 0 Å². The van der Waals surface area contributed by atoms with Gasteiger partial charge in [-0.3, -0.25) is 9.59 Å². The number of fused-ring (bicyclic) bond motifs is 1. The first-order chi connectivity index (χ1) is 11.6. The minimum absolute atomic E-state index is 0.0366. The molecule has 0 radical (unpaired) electrons. The summed E-state index contributed by atoms with van der Waals surface area (Å²) in [5.41, 5.74) is 1.76. The number of rotatable bonds is 3. The number of carbonyl (C=O) groups is 3. The fourth-order valence-corrected chi connectivity index (χ4v) is 2.24. The lowest BCUT2D eigenvalue weighted by molar-refractivity contribution is -0.118. The molecule has 24 heavy (non-hydrogen) atoms. The van der Waals surface area contributed by atoms with E-state index in [9.17, 15) is 14.4 Å². The van der Waals surface area contributed by atoms with Gasteiger partial charge in [-0.25, -0.2) is 4.79 Å². The maximum atomic E-state index is 12.3. The van der Waals surface area contributed by atoms with Crippen molar-refractivity contribution < 1.29 is 23.9 Å². The zero-order chi connectivity index (χ0) is 17.1. The molecule has 0 bridgehead atoms. The number of anilines is 2. The second-order valence-corrected chi connectivity index (χ2v) is 5.07. The first-order valence-corrected chi connectivity index (χ1v) is 7.13. The van der Waals surface area contributed by atoms with Crippen LogP contribution < -0.4 is 15.4 Å². The lowest BCUT2D eigenvalue weighted by Crippen LogP contribution is -2.25. The van der Waals surface area contributed by atoms with Crippen LogP contribution in [0.1, 0.15) is 20.7 Å². The zero-order valence-corrected chi connectivity index (χ0v) is 12.8. The number of carbonyl (C=O) groups excluding carboxylic acids is 3. The average Bonchev–Trinajstić information content (AvgIpc) is 2.61. The topological polar surface area (TPSA) is 93.7 Å². The van der Waals surface area contributed by atoms with Crippen LogP contribution in [0.5, 0.6) is 5.75 Å². The molecule has 0 fully saturated rings. The second kappa shape index (κ2) is 6.41. The van der Waals surface area contributed by atoms with E-state index in [2.05, 4.69) is 15.4 Å². The van der Waals surface area contributed by atoms with Gasteiger partial charge in [-0.2, -0.15) is 0 Å². The molecular formula is C17H14N2O5. The van der Waals surface area contributed by atoms with Gasteiger partial charge in [0.15, 0.2) is 6.61 Å². The van der Waals surface area contributed by atoms with E-state index >= 15 is 0 Å². The van der Waals surface area contributed by atoms with Crippen LogP contribution in [-0.4, -0.2) is 31.5 Å². The quantitative estimate of drug-likeness (QED) is 0.842. The molecule has 0 atom stereocenters. The summed E-state index contributed by atoms with van der Waals surface area (Å²) in [5, 5.41) is 5.37. The highest BCUT2D eigenvalue weighted by Gasteiger charge is 2.18. The smallest absolute Gasteiger partial charge is 0.337 e. The molecule has 2 aromatic carbocycles. The molecular weight excluding hydrogens is 312 g/mol. The van der Waals surface area contributed by atoms with Gasteiger partial charge in [-0.05, 0) is 42.5 Å². The van der Waals surface area contributed by atoms with Gasteiger partial charge >= 0.3 is 5.97 Å². The predicted octanol–water partition coefficient (Wildman–Crippen LogP) is 2.06. The molecule has 2 amide bonds. The van der Waals surface area contributed by atoms with E-state index < -0.39 is 5.97 Å². The van der Waals surface area contributed by atoms with Crippen LogP contribution in [0.3, 0.4) is 0 Å². The lowest BCUT2D eigenvalue weighted by atomic mass is 10.1. The van der Waals surface area contributed by atoms with E-state index in [-0.39, 0.29) is 18.4 Å². The molecule has 3 rings (SSSR count). The van der Waals surface area contributed by atoms with Crippen molar-refractivity contribution in [3.05, 3.63) is 53.6 Å². The third-order valence-corrected chi connectivity index (χ3v) is 3.44. The Kier molecular flexibility index (Phi) is 4.15. The van der Waals surface area contributed by atoms with Gasteiger partial charge < -0.3 is 20.1 Å². The first kappa shape index (κ1) is 15.5. The van der Waals surface area contributed by atoms with Crippen LogP contribution in [0.25, 0.3) is 0 Å². The fraction of sp³-hybridized carbons (Fsp3) is 0.118. The Hall–Kier alpha value is -3.35. The van der Waals surface area contributed by atoms with Crippen molar-refractivity contribution in [3.8, 4) is 5.75 Å². The Balaban J connectivity index is 1.74. The summed E-state index contributed by atoms with van der Waals surface area (Å²) in [7, 11) is 1.30. The summed E-state index contributed by atoms with van der Waals surface area (Å²) < 4.78 is 9.86. The Bertz CT molecular complexity index is 814. The third-order valence-electron chi connectivity index (χ3n) is 3.44. The highest BCUT2D eigenvalue weighted by molar-refractivity contribution is 6.06. The van der Waals surface area contributed by atoms with Crippen LogP contribution in [-0.2, 0) is 9.53 Å². The van der Waals surface area contributed by atoms with Crippen LogP contribution in [0.2, 0.25) is 0 Å². The molecule has 0 unspecified atom stereocenters. The fourth-order valence-electron chi connectivity index (χ4n) is 2.24. The summed E-state index contributed by atoms with van der Waals surface area (Å²) in [4.78, 5) is 35.0. The molecule has 0 aromatic heterocycles. The molecule has 2 N–H and O–H groups in total. The SMILES string of the molecule is COC(=O)c1ccc(NC(=O)c2ccc3c(c2)NC(=O)CO3)cc1. The van der Waals surface area contributed by atoms with Crippen molar-refractivity contribution in [2.24, 2.45) is 0 Å². The number of esters is 1. The summed E-state index contributed by atoms with van der Waals surface area (Å²) in [5.74, 6) is -0.534. The Morgan fingerprint density at radius 3 is 2.54 bits per heavy atom. The molecule has 2 aromatic rings. The normalized spacial score (nSPS) is 12.5. The Morgan fingerprint density at radius 2 is 1.83 bits per heavy atom. The van der Waals surface area contributed by atoms with E-state index in [0.717, 1.165) is 0 Å². The van der Waals surface area contributed by atoms with Gasteiger partial charge in [0.1, 0.15) is 5.75 Å². The van der Waals surface area contributed by atoms with E-state index in [1.807, 2.05) is 0 Å². The largest absolute Gasteiger partial charge is 0.482 e. The average molecular weight is 326 g/mol. The third kappa shape index (κ3) is 3.19. The standard InChI is InChI=1S/C17H14N2O5/c1-23-17(22)10-2-5-12(6-3-10)18-16(21)11-4-7-14-13(8-11)19-15(20)9-24-14/h2-8H,9H2,1H3,(H,18,21)(H,19,20). The zero-order valence-electron chi connectivity index (χ0n) is 12.8. The molecule has 122 valence electrons. The number of hydrogen-bond acceptors (Lipinski definition) is 5. The number of ether oxygens (including phenoxy) is 2. The summed E-state index contributed by atoms with van der Waals surface area (Å²) in [6.45, 7) is -0.0366. The van der Waals surface area contributed by atoms with Crippen molar-refractivity contribution >= 4 is 29.2 Å². The number of hydrogen-bond donors (Lipinski definition) is 2. The highest BCUT2D eigenvalue weighted by Crippen LogP contribution is 2.28.